The summed E-state index contributed by atoms with van der Waals surface area (Å²) in [5, 5.41) is 4.95. The summed E-state index contributed by atoms with van der Waals surface area (Å²) in [7, 11) is 0. The van der Waals surface area contributed by atoms with Crippen LogP contribution in [0.3, 0.4) is 0 Å². The Balaban J connectivity index is 1.58. The molecule has 6 nitrogen and oxygen atoms in total. The number of nitrogens with zero attached hydrogens (tertiary/aromatic N) is 2. The van der Waals surface area contributed by atoms with Crippen LogP contribution < -0.4 is 10.2 Å². The molecule has 0 bridgehead atoms. The number of imide groups is 1. The van der Waals surface area contributed by atoms with Gasteiger partial charge in [-0.25, -0.2) is 9.88 Å². The van der Waals surface area contributed by atoms with Crippen LogP contribution in [-0.4, -0.2) is 22.7 Å². The van der Waals surface area contributed by atoms with Gasteiger partial charge in [-0.2, -0.15) is 0 Å². The summed E-state index contributed by atoms with van der Waals surface area (Å²) >= 11 is 1.32. The first kappa shape index (κ1) is 15.2. The maximum Gasteiger partial charge on any atom is 0.266 e. The molecule has 25 heavy (non-hydrogen) atoms. The highest BCUT2D eigenvalue weighted by molar-refractivity contribution is 7.13. The van der Waals surface area contributed by atoms with E-state index in [-0.39, 0.29) is 17.7 Å². The van der Waals surface area contributed by atoms with E-state index in [2.05, 4.69) is 10.3 Å². The quantitative estimate of drug-likeness (QED) is 0.737. The summed E-state index contributed by atoms with van der Waals surface area (Å²) in [5.41, 5.74) is 1.61. The minimum Gasteiger partial charge on any atom is -0.298 e. The number of hydrogen-bond acceptors (Lipinski definition) is 5. The van der Waals surface area contributed by atoms with Crippen LogP contribution in [0, 0.1) is 0 Å². The lowest BCUT2D eigenvalue weighted by molar-refractivity contribution is 0.0925. The third-order valence-corrected chi connectivity index (χ3v) is 4.52. The molecule has 1 aliphatic rings. The number of aromatic nitrogens is 1. The van der Waals surface area contributed by atoms with E-state index < -0.39 is 0 Å². The molecule has 0 atom stereocenters. The Kier molecular flexibility index (Phi) is 3.62. The first-order chi connectivity index (χ1) is 12.1. The van der Waals surface area contributed by atoms with E-state index in [9.17, 15) is 14.4 Å². The third-order valence-electron chi connectivity index (χ3n) is 3.83. The Hall–Kier alpha value is -3.32. The second-order valence-corrected chi connectivity index (χ2v) is 6.22. The SMILES string of the molecule is O=C(Nc1nccs1)c1ccc(N2C(=O)c3ccccc3C2=O)cc1. The largest absolute Gasteiger partial charge is 0.298 e. The molecule has 3 aromatic rings. The van der Waals surface area contributed by atoms with Crippen molar-refractivity contribution in [3.63, 3.8) is 0 Å². The summed E-state index contributed by atoms with van der Waals surface area (Å²) in [4.78, 5) is 42.2. The number of nitrogens with one attached hydrogen (secondary N) is 1. The lowest BCUT2D eigenvalue weighted by Gasteiger charge is -2.14. The molecule has 2 aromatic carbocycles. The van der Waals surface area contributed by atoms with Crippen LogP contribution in [0.2, 0.25) is 0 Å². The maximum atomic E-state index is 12.5. The molecule has 4 rings (SSSR count). The number of thiazole rings is 1. The van der Waals surface area contributed by atoms with Crippen molar-refractivity contribution >= 4 is 39.9 Å². The van der Waals surface area contributed by atoms with Gasteiger partial charge in [0.05, 0.1) is 16.8 Å². The number of amides is 3. The van der Waals surface area contributed by atoms with Crippen molar-refractivity contribution < 1.29 is 14.4 Å². The first-order valence-electron chi connectivity index (χ1n) is 7.44. The highest BCUT2D eigenvalue weighted by Crippen LogP contribution is 2.28. The minimum atomic E-state index is -0.361. The molecule has 2 heterocycles. The second-order valence-electron chi connectivity index (χ2n) is 5.33. The number of rotatable bonds is 3. The van der Waals surface area contributed by atoms with Crippen molar-refractivity contribution in [1.82, 2.24) is 4.98 Å². The summed E-state index contributed by atoms with van der Waals surface area (Å²) in [6.45, 7) is 0. The van der Waals surface area contributed by atoms with Crippen molar-refractivity contribution in [3.8, 4) is 0 Å². The maximum absolute atomic E-state index is 12.5. The number of hydrogen-bond donors (Lipinski definition) is 1. The highest BCUT2D eigenvalue weighted by Gasteiger charge is 2.36. The van der Waals surface area contributed by atoms with Crippen molar-refractivity contribution in [2.45, 2.75) is 0 Å². The van der Waals surface area contributed by atoms with Crippen LogP contribution in [-0.2, 0) is 0 Å². The molecule has 3 amide bonds. The number of anilines is 2. The predicted octanol–water partition coefficient (Wildman–Crippen LogP) is 3.20. The van der Waals surface area contributed by atoms with E-state index in [4.69, 9.17) is 0 Å². The zero-order chi connectivity index (χ0) is 17.4. The summed E-state index contributed by atoms with van der Waals surface area (Å²) in [6, 6.07) is 13.0. The van der Waals surface area contributed by atoms with Crippen molar-refractivity contribution in [2.24, 2.45) is 0 Å². The lowest BCUT2D eigenvalue weighted by atomic mass is 10.1. The van der Waals surface area contributed by atoms with Gasteiger partial charge in [-0.15, -0.1) is 11.3 Å². The Labute approximate surface area is 146 Å². The van der Waals surface area contributed by atoms with Gasteiger partial charge in [0.25, 0.3) is 17.7 Å². The van der Waals surface area contributed by atoms with E-state index >= 15 is 0 Å². The van der Waals surface area contributed by atoms with E-state index in [1.165, 1.54) is 11.3 Å². The average Bonchev–Trinajstić information content (AvgIpc) is 3.23. The minimum absolute atomic E-state index is 0.302. The zero-order valence-corrected chi connectivity index (χ0v) is 13.6. The number of benzene rings is 2. The molecule has 7 heteroatoms. The number of carbonyl (C=O) groups is 3. The standard InChI is InChI=1S/C18H11N3O3S/c22-15(20-18-19-9-10-25-18)11-5-7-12(8-6-11)21-16(23)13-3-1-2-4-14(13)17(21)24/h1-10H,(H,19,20,22). The Bertz CT molecular complexity index is 946. The van der Waals surface area contributed by atoms with E-state index in [0.717, 1.165) is 4.90 Å². The van der Waals surface area contributed by atoms with Gasteiger partial charge in [0.15, 0.2) is 5.13 Å². The molecular weight excluding hydrogens is 338 g/mol. The Morgan fingerprint density at radius 1 is 0.960 bits per heavy atom. The average molecular weight is 349 g/mol. The van der Waals surface area contributed by atoms with Crippen LogP contribution in [0.4, 0.5) is 10.8 Å². The summed E-state index contributed by atoms with van der Waals surface area (Å²) < 4.78 is 0. The van der Waals surface area contributed by atoms with Gasteiger partial charge in [0.1, 0.15) is 0 Å². The van der Waals surface area contributed by atoms with Crippen LogP contribution in [0.25, 0.3) is 0 Å². The molecule has 0 saturated carbocycles. The molecule has 0 unspecified atom stereocenters. The van der Waals surface area contributed by atoms with Crippen molar-refractivity contribution in [2.75, 3.05) is 10.2 Å². The molecule has 0 aliphatic carbocycles. The van der Waals surface area contributed by atoms with Gasteiger partial charge < -0.3 is 0 Å². The fraction of sp³-hybridized carbons (Fsp3) is 0. The van der Waals surface area contributed by atoms with Gasteiger partial charge in [-0.1, -0.05) is 12.1 Å². The monoisotopic (exact) mass is 349 g/mol. The number of carbonyl (C=O) groups excluding carboxylic acids is 3. The van der Waals surface area contributed by atoms with Crippen LogP contribution in [0.1, 0.15) is 31.1 Å². The molecule has 1 aromatic heterocycles. The Morgan fingerprint density at radius 2 is 1.60 bits per heavy atom. The van der Waals surface area contributed by atoms with Crippen LogP contribution >= 0.6 is 11.3 Å². The van der Waals surface area contributed by atoms with Crippen LogP contribution in [0.15, 0.2) is 60.1 Å². The fourth-order valence-corrected chi connectivity index (χ4v) is 3.16. The number of fused-ring (bicyclic) bond motifs is 1. The van der Waals surface area contributed by atoms with Crippen molar-refractivity contribution in [1.29, 1.82) is 0 Å². The first-order valence-corrected chi connectivity index (χ1v) is 8.32. The molecule has 1 N–H and O–H groups in total. The zero-order valence-electron chi connectivity index (χ0n) is 12.8. The highest BCUT2D eigenvalue weighted by atomic mass is 32.1. The molecule has 0 fully saturated rings. The fourth-order valence-electron chi connectivity index (χ4n) is 2.64. The van der Waals surface area contributed by atoms with Gasteiger partial charge in [0.2, 0.25) is 0 Å². The topological polar surface area (TPSA) is 79.4 Å². The lowest BCUT2D eigenvalue weighted by Crippen LogP contribution is -2.29. The molecule has 0 saturated heterocycles. The van der Waals surface area contributed by atoms with Gasteiger partial charge in [-0.05, 0) is 36.4 Å². The molecular formula is C18H11N3O3S. The summed E-state index contributed by atoms with van der Waals surface area (Å²) in [5.74, 6) is -1.02. The Morgan fingerprint density at radius 3 is 2.16 bits per heavy atom. The molecule has 0 radical (unpaired) electrons. The van der Waals surface area contributed by atoms with Gasteiger partial charge in [0, 0.05) is 17.1 Å². The predicted molar refractivity (Wildman–Crippen MR) is 94.1 cm³/mol. The van der Waals surface area contributed by atoms with E-state index in [1.807, 2.05) is 0 Å². The smallest absolute Gasteiger partial charge is 0.266 e. The van der Waals surface area contributed by atoms with Gasteiger partial charge in [-0.3, -0.25) is 19.7 Å². The van der Waals surface area contributed by atoms with Crippen molar-refractivity contribution in [3.05, 3.63) is 76.8 Å². The van der Waals surface area contributed by atoms with Gasteiger partial charge >= 0.3 is 0 Å². The summed E-state index contributed by atoms with van der Waals surface area (Å²) in [6.07, 6.45) is 1.60. The molecule has 1 aliphatic heterocycles. The van der Waals surface area contributed by atoms with E-state index in [1.54, 1.807) is 60.1 Å². The molecule has 0 spiro atoms. The van der Waals surface area contributed by atoms with E-state index in [0.29, 0.717) is 27.5 Å². The normalized spacial score (nSPS) is 13.0. The van der Waals surface area contributed by atoms with Crippen LogP contribution in [0.5, 0.6) is 0 Å². The molecule has 122 valence electrons. The second kappa shape index (κ2) is 5.95. The third kappa shape index (κ3) is 2.60.